The van der Waals surface area contributed by atoms with Crippen molar-refractivity contribution in [2.45, 2.75) is 0 Å². The highest BCUT2D eigenvalue weighted by Gasteiger charge is 2.20. The molecule has 0 aliphatic heterocycles. The van der Waals surface area contributed by atoms with Crippen molar-refractivity contribution in [2.24, 2.45) is 0 Å². The molecule has 2 aromatic carbocycles. The van der Waals surface area contributed by atoms with Gasteiger partial charge in [0.15, 0.2) is 0 Å². The molecule has 0 radical (unpaired) electrons. The fraction of sp³-hybridized carbons (Fsp3) is 0.0667. The zero-order chi connectivity index (χ0) is 15.6. The molecule has 0 aromatic heterocycles. The molecule has 3 nitrogen and oxygen atoms in total. The first-order valence-electron chi connectivity index (χ1n) is 5.87. The topological polar surface area (TPSA) is 44.1 Å². The number of benzene rings is 2. The van der Waals surface area contributed by atoms with Gasteiger partial charge in [-0.1, -0.05) is 11.6 Å². The lowest BCUT2D eigenvalue weighted by atomic mass is 10.1. The number of hydrogen-bond donors (Lipinski definition) is 0. The maximum Gasteiger partial charge on any atom is 0.261 e. The van der Waals surface area contributed by atoms with Crippen LogP contribution in [0.4, 0.5) is 14.5 Å². The summed E-state index contributed by atoms with van der Waals surface area (Å²) in [6.45, 7) is 0. The molecule has 0 spiro atoms. The quantitative estimate of drug-likeness (QED) is 0.793. The Labute approximate surface area is 125 Å². The highest BCUT2D eigenvalue weighted by molar-refractivity contribution is 6.30. The minimum Gasteiger partial charge on any atom is -0.311 e. The van der Waals surface area contributed by atoms with E-state index in [4.69, 9.17) is 16.9 Å². The second-order valence-corrected chi connectivity index (χ2v) is 4.68. The fourth-order valence-electron chi connectivity index (χ4n) is 1.74. The first kappa shape index (κ1) is 14.9. The molecular formula is C15H9ClF2N2O. The Kier molecular flexibility index (Phi) is 4.20. The van der Waals surface area contributed by atoms with Gasteiger partial charge in [0.05, 0.1) is 22.2 Å². The summed E-state index contributed by atoms with van der Waals surface area (Å²) < 4.78 is 27.1. The molecule has 21 heavy (non-hydrogen) atoms. The zero-order valence-electron chi connectivity index (χ0n) is 10.9. The molecule has 0 atom stereocenters. The first-order valence-corrected chi connectivity index (χ1v) is 6.24. The van der Waals surface area contributed by atoms with Crippen molar-refractivity contribution in [2.75, 3.05) is 11.9 Å². The molecule has 0 fully saturated rings. The average molecular weight is 307 g/mol. The number of anilines is 1. The van der Waals surface area contributed by atoms with Crippen LogP contribution in [-0.2, 0) is 0 Å². The summed E-state index contributed by atoms with van der Waals surface area (Å²) in [5.74, 6) is -2.48. The Bertz CT molecular complexity index is 739. The molecule has 0 heterocycles. The van der Waals surface area contributed by atoms with Crippen molar-refractivity contribution in [3.05, 3.63) is 64.2 Å². The number of halogens is 3. The van der Waals surface area contributed by atoms with E-state index in [9.17, 15) is 13.6 Å². The van der Waals surface area contributed by atoms with E-state index in [2.05, 4.69) is 0 Å². The van der Waals surface area contributed by atoms with Crippen LogP contribution < -0.4 is 4.90 Å². The van der Waals surface area contributed by atoms with Crippen LogP contribution in [0.3, 0.4) is 0 Å². The van der Waals surface area contributed by atoms with Crippen molar-refractivity contribution in [3.63, 3.8) is 0 Å². The van der Waals surface area contributed by atoms with Gasteiger partial charge >= 0.3 is 0 Å². The number of hydrogen-bond acceptors (Lipinski definition) is 2. The smallest absolute Gasteiger partial charge is 0.261 e. The third-order valence-electron chi connectivity index (χ3n) is 2.93. The van der Waals surface area contributed by atoms with Gasteiger partial charge < -0.3 is 4.90 Å². The predicted octanol–water partition coefficient (Wildman–Crippen LogP) is 3.77. The van der Waals surface area contributed by atoms with Gasteiger partial charge in [-0.25, -0.2) is 8.78 Å². The highest BCUT2D eigenvalue weighted by atomic mass is 35.5. The number of rotatable bonds is 2. The van der Waals surface area contributed by atoms with E-state index >= 15 is 0 Å². The lowest BCUT2D eigenvalue weighted by Crippen LogP contribution is -2.27. The van der Waals surface area contributed by atoms with E-state index in [-0.39, 0.29) is 5.02 Å². The molecule has 0 aliphatic carbocycles. The second-order valence-electron chi connectivity index (χ2n) is 4.27. The molecule has 2 rings (SSSR count). The standard InChI is InChI=1S/C15H9ClF2N2O/c1-20(10-4-2-9(8-19)3-5-10)15(21)11-6-14(18)12(16)7-13(11)17/h2-7H,1H3. The van der Waals surface area contributed by atoms with Crippen LogP contribution >= 0.6 is 11.6 Å². The highest BCUT2D eigenvalue weighted by Crippen LogP contribution is 2.22. The largest absolute Gasteiger partial charge is 0.311 e. The van der Waals surface area contributed by atoms with E-state index in [1.165, 1.54) is 19.2 Å². The fourth-order valence-corrected chi connectivity index (χ4v) is 1.89. The molecule has 0 saturated heterocycles. The molecule has 0 bridgehead atoms. The Hall–Kier alpha value is -2.45. The third-order valence-corrected chi connectivity index (χ3v) is 3.22. The van der Waals surface area contributed by atoms with Crippen LogP contribution in [0, 0.1) is 23.0 Å². The van der Waals surface area contributed by atoms with Crippen LogP contribution in [0.15, 0.2) is 36.4 Å². The first-order chi connectivity index (χ1) is 9.93. The van der Waals surface area contributed by atoms with Gasteiger partial charge in [0, 0.05) is 12.7 Å². The van der Waals surface area contributed by atoms with Crippen molar-refractivity contribution < 1.29 is 13.6 Å². The Morgan fingerprint density at radius 2 is 1.81 bits per heavy atom. The number of carbonyl (C=O) groups excluding carboxylic acids is 1. The summed E-state index contributed by atoms with van der Waals surface area (Å²) in [6.07, 6.45) is 0. The molecule has 1 amide bonds. The van der Waals surface area contributed by atoms with Crippen molar-refractivity contribution in [3.8, 4) is 6.07 Å². The van der Waals surface area contributed by atoms with E-state index in [0.29, 0.717) is 11.3 Å². The van der Waals surface area contributed by atoms with Gasteiger partial charge in [0.1, 0.15) is 11.6 Å². The third kappa shape index (κ3) is 3.01. The minimum atomic E-state index is -0.896. The molecule has 0 aliphatic rings. The van der Waals surface area contributed by atoms with E-state index in [1.54, 1.807) is 12.1 Å². The molecule has 2 aromatic rings. The Morgan fingerprint density at radius 1 is 1.19 bits per heavy atom. The normalized spacial score (nSPS) is 10.0. The van der Waals surface area contributed by atoms with Gasteiger partial charge in [-0.15, -0.1) is 0 Å². The zero-order valence-corrected chi connectivity index (χ0v) is 11.7. The van der Waals surface area contributed by atoms with Gasteiger partial charge in [-0.3, -0.25) is 4.79 Å². The monoisotopic (exact) mass is 306 g/mol. The molecule has 0 unspecified atom stereocenters. The van der Waals surface area contributed by atoms with Crippen molar-refractivity contribution in [1.29, 1.82) is 5.26 Å². The van der Waals surface area contributed by atoms with Gasteiger partial charge in [0.2, 0.25) is 0 Å². The summed E-state index contributed by atoms with van der Waals surface area (Å²) in [5.41, 5.74) is 0.473. The van der Waals surface area contributed by atoms with Crippen LogP contribution in [0.1, 0.15) is 15.9 Å². The predicted molar refractivity (Wildman–Crippen MR) is 75.3 cm³/mol. The Morgan fingerprint density at radius 3 is 2.38 bits per heavy atom. The van der Waals surface area contributed by atoms with E-state index in [0.717, 1.165) is 17.0 Å². The summed E-state index contributed by atoms with van der Waals surface area (Å²) in [7, 11) is 1.43. The summed E-state index contributed by atoms with van der Waals surface area (Å²) in [5, 5.41) is 8.33. The molecule has 6 heteroatoms. The SMILES string of the molecule is CN(C(=O)c1cc(F)c(Cl)cc1F)c1ccc(C#N)cc1. The molecule has 106 valence electrons. The summed E-state index contributed by atoms with van der Waals surface area (Å²) in [4.78, 5) is 13.4. The van der Waals surface area contributed by atoms with Crippen LogP contribution in [-0.4, -0.2) is 13.0 Å². The van der Waals surface area contributed by atoms with Crippen LogP contribution in [0.25, 0.3) is 0 Å². The minimum absolute atomic E-state index is 0.384. The summed E-state index contributed by atoms with van der Waals surface area (Å²) >= 11 is 5.45. The average Bonchev–Trinajstić information content (AvgIpc) is 2.49. The lowest BCUT2D eigenvalue weighted by molar-refractivity contribution is 0.0988. The maximum absolute atomic E-state index is 13.7. The van der Waals surface area contributed by atoms with Crippen molar-refractivity contribution in [1.82, 2.24) is 0 Å². The number of amides is 1. The number of carbonyl (C=O) groups is 1. The summed E-state index contributed by atoms with van der Waals surface area (Å²) in [6, 6.07) is 9.61. The maximum atomic E-state index is 13.7. The van der Waals surface area contributed by atoms with Crippen molar-refractivity contribution >= 4 is 23.2 Å². The molecular weight excluding hydrogens is 298 g/mol. The van der Waals surface area contributed by atoms with Crippen LogP contribution in [0.5, 0.6) is 0 Å². The number of nitrogens with zero attached hydrogens (tertiary/aromatic N) is 2. The van der Waals surface area contributed by atoms with Gasteiger partial charge in [-0.2, -0.15) is 5.26 Å². The van der Waals surface area contributed by atoms with E-state index < -0.39 is 23.1 Å². The van der Waals surface area contributed by atoms with Gasteiger partial charge in [-0.05, 0) is 36.4 Å². The van der Waals surface area contributed by atoms with E-state index in [1.807, 2.05) is 6.07 Å². The second kappa shape index (κ2) is 5.90. The number of nitriles is 1. The molecule has 0 saturated carbocycles. The van der Waals surface area contributed by atoms with Crippen LogP contribution in [0.2, 0.25) is 5.02 Å². The Balaban J connectivity index is 2.35. The van der Waals surface area contributed by atoms with Gasteiger partial charge in [0.25, 0.3) is 5.91 Å². The lowest BCUT2D eigenvalue weighted by Gasteiger charge is -2.18. The molecule has 0 N–H and O–H groups in total.